The lowest BCUT2D eigenvalue weighted by Crippen LogP contribution is -2.36. The zero-order valence-electron chi connectivity index (χ0n) is 20.8. The highest BCUT2D eigenvalue weighted by molar-refractivity contribution is 7.10. The van der Waals surface area contributed by atoms with Crippen molar-refractivity contribution in [2.75, 3.05) is 0 Å². The molecule has 0 aromatic carbocycles. The maximum absolute atomic E-state index is 10.6. The van der Waals surface area contributed by atoms with Gasteiger partial charge in [0.05, 0.1) is 18.3 Å². The van der Waals surface area contributed by atoms with Crippen molar-refractivity contribution in [3.8, 4) is 0 Å². The summed E-state index contributed by atoms with van der Waals surface area (Å²) in [6.45, 7) is 7.09. The molecule has 1 aromatic rings. The fourth-order valence-corrected chi connectivity index (χ4v) is 8.27. The minimum atomic E-state index is -0.394. The molecule has 0 amide bonds. The fourth-order valence-electron chi connectivity index (χ4n) is 7.35. The van der Waals surface area contributed by atoms with E-state index in [0.717, 1.165) is 23.6 Å². The first-order chi connectivity index (χ1) is 15.8. The van der Waals surface area contributed by atoms with Crippen LogP contribution in [-0.4, -0.2) is 27.5 Å². The Balaban J connectivity index is 1.35. The van der Waals surface area contributed by atoms with Gasteiger partial charge >= 0.3 is 0 Å². The van der Waals surface area contributed by atoms with E-state index in [0.29, 0.717) is 36.5 Å². The molecule has 33 heavy (non-hydrogen) atoms. The van der Waals surface area contributed by atoms with Crippen LogP contribution >= 0.6 is 11.3 Å². The van der Waals surface area contributed by atoms with Gasteiger partial charge in [0.15, 0.2) is 0 Å². The van der Waals surface area contributed by atoms with Crippen LogP contribution in [0.3, 0.4) is 0 Å². The van der Waals surface area contributed by atoms with Gasteiger partial charge in [0.1, 0.15) is 0 Å². The lowest BCUT2D eigenvalue weighted by molar-refractivity contribution is 0.0609. The van der Waals surface area contributed by atoms with Gasteiger partial charge in [-0.1, -0.05) is 50.0 Å². The Bertz CT molecular complexity index is 843. The topological polar surface area (TPSA) is 60.7 Å². The maximum Gasteiger partial charge on any atom is 0.0882 e. The Morgan fingerprint density at radius 3 is 2.61 bits per heavy atom. The van der Waals surface area contributed by atoms with E-state index in [2.05, 4.69) is 44.4 Å². The molecule has 0 aliphatic heterocycles. The van der Waals surface area contributed by atoms with Gasteiger partial charge < -0.3 is 15.3 Å². The molecule has 1 aromatic heterocycles. The van der Waals surface area contributed by atoms with Crippen molar-refractivity contribution >= 4 is 11.3 Å². The minimum Gasteiger partial charge on any atom is -0.393 e. The molecule has 3 nitrogen and oxygen atoms in total. The lowest BCUT2D eigenvalue weighted by Gasteiger charge is -2.44. The van der Waals surface area contributed by atoms with Crippen molar-refractivity contribution < 1.29 is 15.3 Å². The summed E-state index contributed by atoms with van der Waals surface area (Å²) in [6.07, 6.45) is 15.0. The van der Waals surface area contributed by atoms with Crippen LogP contribution in [0.25, 0.3) is 0 Å². The quantitative estimate of drug-likeness (QED) is 0.406. The van der Waals surface area contributed by atoms with Crippen LogP contribution in [-0.2, 0) is 0 Å². The molecular weight excluding hydrogens is 428 g/mol. The number of aryl methyl sites for hydroxylation is 1. The lowest BCUT2D eigenvalue weighted by atomic mass is 9.60. The molecule has 4 rings (SSSR count). The Hall–Kier alpha value is -0.940. The second-order valence-corrected chi connectivity index (χ2v) is 12.5. The van der Waals surface area contributed by atoms with Crippen LogP contribution in [0.1, 0.15) is 101 Å². The third-order valence-electron chi connectivity index (χ3n) is 9.01. The Kier molecular flexibility index (Phi) is 8.21. The maximum atomic E-state index is 10.6. The summed E-state index contributed by atoms with van der Waals surface area (Å²) in [5, 5.41) is 32.7. The molecule has 3 saturated carbocycles. The third kappa shape index (κ3) is 5.83. The van der Waals surface area contributed by atoms with Gasteiger partial charge in [0.2, 0.25) is 0 Å². The number of aliphatic hydroxyl groups excluding tert-OH is 3. The average molecular weight is 473 g/mol. The SMILES string of the molecule is Cc1csc([C@H](O)CCC[C@@H](C)[C@H]2CC[C@H]3/C(=C/C=C4C[C@@H](O)C[C@H](O)C4)CCC[C@]23C)c1. The third-order valence-corrected chi connectivity index (χ3v) is 10.2. The highest BCUT2D eigenvalue weighted by Gasteiger charge is 2.50. The van der Waals surface area contributed by atoms with Crippen molar-refractivity contribution in [1.82, 2.24) is 0 Å². The standard InChI is InChI=1S/C29H44O3S/c1-19-14-28(33-18-19)27(32)8-4-6-20(2)25-11-12-26-22(7-5-13-29(25,26)3)10-9-21-15-23(30)17-24(31)16-21/h9-10,14,18,20,23-27,30-32H,4-8,11-13,15-17H2,1-3H3/b22-10+/t20-,23-,24-,25-,26+,27-,29-/m1/s1. The van der Waals surface area contributed by atoms with Gasteiger partial charge in [-0.2, -0.15) is 0 Å². The first-order valence-electron chi connectivity index (χ1n) is 13.2. The fraction of sp³-hybridized carbons (Fsp3) is 0.724. The number of hydrogen-bond donors (Lipinski definition) is 3. The molecule has 7 atom stereocenters. The Morgan fingerprint density at radius 2 is 1.91 bits per heavy atom. The first kappa shape index (κ1) is 25.2. The smallest absolute Gasteiger partial charge is 0.0882 e. The molecular formula is C29H44O3S. The highest BCUT2D eigenvalue weighted by atomic mass is 32.1. The summed E-state index contributed by atoms with van der Waals surface area (Å²) < 4.78 is 0. The van der Waals surface area contributed by atoms with E-state index < -0.39 is 12.2 Å². The Morgan fingerprint density at radius 1 is 1.15 bits per heavy atom. The molecule has 3 N–H and O–H groups in total. The van der Waals surface area contributed by atoms with Gasteiger partial charge in [-0.3, -0.25) is 0 Å². The summed E-state index contributed by atoms with van der Waals surface area (Å²) in [4.78, 5) is 1.11. The van der Waals surface area contributed by atoms with Crippen LogP contribution in [0.4, 0.5) is 0 Å². The monoisotopic (exact) mass is 472 g/mol. The van der Waals surface area contributed by atoms with Crippen molar-refractivity contribution in [2.24, 2.45) is 23.2 Å². The molecule has 4 heteroatoms. The van der Waals surface area contributed by atoms with E-state index >= 15 is 0 Å². The van der Waals surface area contributed by atoms with E-state index in [9.17, 15) is 15.3 Å². The second-order valence-electron chi connectivity index (χ2n) is 11.6. The molecule has 0 radical (unpaired) electrons. The van der Waals surface area contributed by atoms with Gasteiger partial charge in [-0.05, 0) is 105 Å². The largest absolute Gasteiger partial charge is 0.393 e. The van der Waals surface area contributed by atoms with Gasteiger partial charge in [-0.15, -0.1) is 11.3 Å². The van der Waals surface area contributed by atoms with Crippen LogP contribution < -0.4 is 0 Å². The van der Waals surface area contributed by atoms with E-state index in [1.165, 1.54) is 49.7 Å². The predicted octanol–water partition coefficient (Wildman–Crippen LogP) is 6.87. The number of hydrogen-bond acceptors (Lipinski definition) is 4. The number of fused-ring (bicyclic) bond motifs is 1. The summed E-state index contributed by atoms with van der Waals surface area (Å²) in [5.74, 6) is 2.13. The molecule has 0 unspecified atom stereocenters. The van der Waals surface area contributed by atoms with E-state index in [1.54, 1.807) is 16.9 Å². The van der Waals surface area contributed by atoms with Crippen molar-refractivity contribution in [2.45, 2.75) is 110 Å². The highest BCUT2D eigenvalue weighted by Crippen LogP contribution is 2.60. The molecule has 3 aliphatic carbocycles. The van der Waals surface area contributed by atoms with Crippen LogP contribution in [0.5, 0.6) is 0 Å². The zero-order chi connectivity index (χ0) is 23.6. The molecule has 184 valence electrons. The molecule has 3 fully saturated rings. The van der Waals surface area contributed by atoms with E-state index in [-0.39, 0.29) is 6.10 Å². The minimum absolute atomic E-state index is 0.308. The van der Waals surface area contributed by atoms with Crippen LogP contribution in [0.15, 0.2) is 34.7 Å². The van der Waals surface area contributed by atoms with Crippen LogP contribution in [0, 0.1) is 30.1 Å². The zero-order valence-corrected chi connectivity index (χ0v) is 21.6. The van der Waals surface area contributed by atoms with E-state index in [4.69, 9.17) is 0 Å². The van der Waals surface area contributed by atoms with Crippen molar-refractivity contribution in [3.63, 3.8) is 0 Å². The molecule has 1 heterocycles. The molecule has 0 saturated heterocycles. The summed E-state index contributed by atoms with van der Waals surface area (Å²) >= 11 is 1.68. The molecule has 3 aliphatic rings. The first-order valence-corrected chi connectivity index (χ1v) is 14.1. The van der Waals surface area contributed by atoms with Gasteiger partial charge in [-0.25, -0.2) is 0 Å². The van der Waals surface area contributed by atoms with Gasteiger partial charge in [0, 0.05) is 4.88 Å². The number of aliphatic hydroxyl groups is 3. The second kappa shape index (κ2) is 10.8. The van der Waals surface area contributed by atoms with Crippen molar-refractivity contribution in [1.29, 1.82) is 0 Å². The van der Waals surface area contributed by atoms with Gasteiger partial charge in [0.25, 0.3) is 0 Å². The molecule has 0 spiro atoms. The molecule has 0 bridgehead atoms. The number of thiophene rings is 1. The summed E-state index contributed by atoms with van der Waals surface area (Å²) in [7, 11) is 0. The summed E-state index contributed by atoms with van der Waals surface area (Å²) in [6, 6.07) is 2.13. The summed E-state index contributed by atoms with van der Waals surface area (Å²) in [5.41, 5.74) is 4.43. The normalized spacial score (nSPS) is 35.5. The number of rotatable bonds is 7. The predicted molar refractivity (Wildman–Crippen MR) is 137 cm³/mol. The average Bonchev–Trinajstić information content (AvgIpc) is 3.34. The Labute approximate surface area is 204 Å². The van der Waals surface area contributed by atoms with E-state index in [1.807, 2.05) is 0 Å². The van der Waals surface area contributed by atoms with Crippen LogP contribution in [0.2, 0.25) is 0 Å². The van der Waals surface area contributed by atoms with Crippen molar-refractivity contribution in [3.05, 3.63) is 45.2 Å². The number of allylic oxidation sites excluding steroid dienone is 3.